The molecule has 2 rings (SSSR count). The molecular formula is C45H64O12. The Morgan fingerprint density at radius 2 is 0.825 bits per heavy atom. The molecule has 0 aliphatic heterocycles. The first-order valence-corrected chi connectivity index (χ1v) is 20.4. The quantitative estimate of drug-likeness (QED) is 0.0229. The van der Waals surface area contributed by atoms with Crippen molar-refractivity contribution in [3.63, 3.8) is 0 Å². The monoisotopic (exact) mass is 796 g/mol. The van der Waals surface area contributed by atoms with E-state index in [1.165, 1.54) is 12.2 Å². The lowest BCUT2D eigenvalue weighted by Crippen LogP contribution is -2.15. The third-order valence-corrected chi connectivity index (χ3v) is 8.59. The summed E-state index contributed by atoms with van der Waals surface area (Å²) in [5, 5.41) is 0. The van der Waals surface area contributed by atoms with Crippen molar-refractivity contribution in [2.75, 3.05) is 53.9 Å². The molecule has 316 valence electrons. The largest absolute Gasteiger partial charge is 0.493 e. The molecule has 2 aromatic carbocycles. The molecule has 0 aliphatic carbocycles. The molecule has 0 bridgehead atoms. The fourth-order valence-corrected chi connectivity index (χ4v) is 5.36. The van der Waals surface area contributed by atoms with Crippen molar-refractivity contribution in [2.45, 2.75) is 110 Å². The van der Waals surface area contributed by atoms with Crippen LogP contribution in [0, 0.1) is 0 Å². The minimum atomic E-state index is -0.619. The summed E-state index contributed by atoms with van der Waals surface area (Å²) < 4.78 is 43.3. The molecule has 0 unspecified atom stereocenters. The van der Waals surface area contributed by atoms with Crippen molar-refractivity contribution < 1.29 is 57.1 Å². The first-order chi connectivity index (χ1) is 27.8. The van der Waals surface area contributed by atoms with Gasteiger partial charge in [0, 0.05) is 12.2 Å². The van der Waals surface area contributed by atoms with Gasteiger partial charge < -0.3 is 37.9 Å². The molecule has 0 saturated heterocycles. The van der Waals surface area contributed by atoms with Crippen LogP contribution in [-0.4, -0.2) is 77.7 Å². The Labute approximate surface area is 339 Å². The van der Waals surface area contributed by atoms with Crippen LogP contribution in [0.2, 0.25) is 0 Å². The number of hydrogen-bond acceptors (Lipinski definition) is 12. The van der Waals surface area contributed by atoms with Crippen LogP contribution >= 0.6 is 0 Å². The van der Waals surface area contributed by atoms with E-state index in [4.69, 9.17) is 37.9 Å². The van der Waals surface area contributed by atoms with Crippen molar-refractivity contribution in [1.82, 2.24) is 0 Å². The topological polar surface area (TPSA) is 142 Å². The second-order valence-corrected chi connectivity index (χ2v) is 13.4. The van der Waals surface area contributed by atoms with E-state index < -0.39 is 30.3 Å². The summed E-state index contributed by atoms with van der Waals surface area (Å²) in [6, 6.07) is 11.0. The Hall–Kier alpha value is -5.00. The average molecular weight is 797 g/mol. The molecule has 12 nitrogen and oxygen atoms in total. The van der Waals surface area contributed by atoms with E-state index in [9.17, 15) is 19.2 Å². The molecule has 0 fully saturated rings. The predicted molar refractivity (Wildman–Crippen MR) is 219 cm³/mol. The fourth-order valence-electron chi connectivity index (χ4n) is 5.36. The zero-order valence-electron chi connectivity index (χ0n) is 34.5. The van der Waals surface area contributed by atoms with Gasteiger partial charge in [-0.15, -0.1) is 0 Å². The van der Waals surface area contributed by atoms with E-state index in [0.29, 0.717) is 61.9 Å². The second-order valence-electron chi connectivity index (χ2n) is 13.4. The standard InChI is InChI=1S/C45H64O12/c1-5-7-13-27-52-38-23-19-36(33-40(38)50-3)21-25-42(46)54-29-15-9-11-17-31-56-44(48)35-45(49)57-32-18-12-10-16-30-55-43(47)26-22-37-20-24-39(41(34-37)51-4)53-28-14-8-6-2/h19-26,33-34H,5-18,27-32,35H2,1-4H3/b25-21+,26-22+. The third kappa shape index (κ3) is 23.0. The SMILES string of the molecule is CCCCCOc1ccc(/C=C/C(=O)OCCCCCCOC(=O)CC(=O)OCCCCCCOC(=O)/C=C/c2ccc(OCCCCC)c(OC)c2)cc1OC. The van der Waals surface area contributed by atoms with Gasteiger partial charge >= 0.3 is 23.9 Å². The molecule has 0 N–H and O–H groups in total. The summed E-state index contributed by atoms with van der Waals surface area (Å²) in [6.07, 6.45) is 17.9. The molecule has 12 heteroatoms. The van der Waals surface area contributed by atoms with Crippen molar-refractivity contribution in [1.29, 1.82) is 0 Å². The van der Waals surface area contributed by atoms with Crippen molar-refractivity contribution in [3.05, 3.63) is 59.7 Å². The fraction of sp³-hybridized carbons (Fsp3) is 0.556. The lowest BCUT2D eigenvalue weighted by molar-refractivity contribution is -0.154. The van der Waals surface area contributed by atoms with Gasteiger partial charge in [-0.3, -0.25) is 9.59 Å². The maximum absolute atomic E-state index is 12.1. The predicted octanol–water partition coefficient (Wildman–Crippen LogP) is 9.25. The Morgan fingerprint density at radius 1 is 0.456 bits per heavy atom. The first kappa shape index (κ1) is 48.1. The summed E-state index contributed by atoms with van der Waals surface area (Å²) in [6.45, 7) is 6.54. The summed E-state index contributed by atoms with van der Waals surface area (Å²) >= 11 is 0. The number of ether oxygens (including phenoxy) is 8. The van der Waals surface area contributed by atoms with Crippen LogP contribution in [0.15, 0.2) is 48.6 Å². The van der Waals surface area contributed by atoms with Gasteiger partial charge in [0.25, 0.3) is 0 Å². The minimum Gasteiger partial charge on any atom is -0.493 e. The van der Waals surface area contributed by atoms with E-state index >= 15 is 0 Å². The van der Waals surface area contributed by atoms with Crippen LogP contribution in [0.25, 0.3) is 12.2 Å². The van der Waals surface area contributed by atoms with Crippen molar-refractivity contribution in [3.8, 4) is 23.0 Å². The highest BCUT2D eigenvalue weighted by atomic mass is 16.6. The average Bonchev–Trinajstić information content (AvgIpc) is 3.21. The van der Waals surface area contributed by atoms with Crippen LogP contribution in [0.3, 0.4) is 0 Å². The van der Waals surface area contributed by atoms with E-state index in [0.717, 1.165) is 75.3 Å². The molecule has 0 spiro atoms. The normalized spacial score (nSPS) is 11.0. The molecule has 0 radical (unpaired) electrons. The van der Waals surface area contributed by atoms with Crippen LogP contribution in [0.1, 0.15) is 121 Å². The van der Waals surface area contributed by atoms with E-state index in [2.05, 4.69) is 13.8 Å². The van der Waals surface area contributed by atoms with Gasteiger partial charge in [-0.1, -0.05) is 51.7 Å². The maximum atomic E-state index is 12.1. The molecule has 2 aromatic rings. The number of carbonyl (C=O) groups is 4. The van der Waals surface area contributed by atoms with E-state index in [1.807, 2.05) is 36.4 Å². The number of rotatable bonds is 32. The number of methoxy groups -OCH3 is 2. The Balaban J connectivity index is 1.44. The Kier molecular flexibility index (Phi) is 26.3. The first-order valence-electron chi connectivity index (χ1n) is 20.4. The number of unbranched alkanes of at least 4 members (excludes halogenated alkanes) is 10. The van der Waals surface area contributed by atoms with E-state index in [-0.39, 0.29) is 26.4 Å². The highest BCUT2D eigenvalue weighted by Gasteiger charge is 2.12. The minimum absolute atomic E-state index is 0.206. The molecule has 0 saturated carbocycles. The van der Waals surface area contributed by atoms with Crippen LogP contribution in [0.4, 0.5) is 0 Å². The zero-order valence-corrected chi connectivity index (χ0v) is 34.5. The van der Waals surface area contributed by atoms with Crippen LogP contribution in [0.5, 0.6) is 23.0 Å². The van der Waals surface area contributed by atoms with E-state index in [1.54, 1.807) is 26.4 Å². The highest BCUT2D eigenvalue weighted by molar-refractivity contribution is 5.91. The Morgan fingerprint density at radius 3 is 1.19 bits per heavy atom. The Bertz CT molecular complexity index is 1400. The summed E-state index contributed by atoms with van der Waals surface area (Å²) in [7, 11) is 3.17. The van der Waals surface area contributed by atoms with Crippen molar-refractivity contribution in [2.24, 2.45) is 0 Å². The van der Waals surface area contributed by atoms with Crippen molar-refractivity contribution >= 4 is 36.0 Å². The van der Waals surface area contributed by atoms with Gasteiger partial charge in [-0.2, -0.15) is 0 Å². The molecular weight excluding hydrogens is 732 g/mol. The van der Waals surface area contributed by atoms with Gasteiger partial charge in [-0.25, -0.2) is 9.59 Å². The molecule has 0 amide bonds. The molecule has 0 aliphatic rings. The summed E-state index contributed by atoms with van der Waals surface area (Å²) in [5.74, 6) is 0.474. The van der Waals surface area contributed by atoms with Gasteiger partial charge in [-0.05, 0) is 112 Å². The van der Waals surface area contributed by atoms with Gasteiger partial charge in [0.2, 0.25) is 0 Å². The molecule has 0 heterocycles. The maximum Gasteiger partial charge on any atom is 0.330 e. The molecule has 0 aromatic heterocycles. The smallest absolute Gasteiger partial charge is 0.330 e. The molecule has 57 heavy (non-hydrogen) atoms. The number of hydrogen-bond donors (Lipinski definition) is 0. The third-order valence-electron chi connectivity index (χ3n) is 8.59. The highest BCUT2D eigenvalue weighted by Crippen LogP contribution is 2.30. The summed E-state index contributed by atoms with van der Waals surface area (Å²) in [4.78, 5) is 48.2. The molecule has 0 atom stereocenters. The summed E-state index contributed by atoms with van der Waals surface area (Å²) in [5.41, 5.74) is 1.59. The lowest BCUT2D eigenvalue weighted by Gasteiger charge is -2.11. The lowest BCUT2D eigenvalue weighted by atomic mass is 10.2. The van der Waals surface area contributed by atoms with Gasteiger partial charge in [0.1, 0.15) is 6.42 Å². The van der Waals surface area contributed by atoms with Crippen LogP contribution < -0.4 is 18.9 Å². The zero-order chi connectivity index (χ0) is 41.4. The van der Waals surface area contributed by atoms with Crippen LogP contribution in [-0.2, 0) is 38.1 Å². The van der Waals surface area contributed by atoms with Gasteiger partial charge in [0.05, 0.1) is 53.9 Å². The number of carbonyl (C=O) groups excluding carboxylic acids is 4. The second kappa shape index (κ2) is 31.1. The number of benzene rings is 2. The number of esters is 4. The van der Waals surface area contributed by atoms with Gasteiger partial charge in [0.15, 0.2) is 23.0 Å².